The summed E-state index contributed by atoms with van der Waals surface area (Å²) in [6.07, 6.45) is 3.19. The number of ether oxygens (including phenoxy) is 1. The maximum atomic E-state index is 5.70. The molecule has 17 heavy (non-hydrogen) atoms. The molecular weight excluding hydrogens is 216 g/mol. The van der Waals surface area contributed by atoms with E-state index in [9.17, 15) is 0 Å². The largest absolute Gasteiger partial charge is 0.468 e. The summed E-state index contributed by atoms with van der Waals surface area (Å²) in [7, 11) is 0. The molecule has 1 fully saturated rings. The number of rotatable bonds is 6. The van der Waals surface area contributed by atoms with Crippen LogP contribution in [0.15, 0.2) is 22.8 Å². The van der Waals surface area contributed by atoms with Crippen molar-refractivity contribution < 1.29 is 9.15 Å². The lowest BCUT2D eigenvalue weighted by Crippen LogP contribution is -2.40. The van der Waals surface area contributed by atoms with Gasteiger partial charge in [-0.2, -0.15) is 0 Å². The average molecular weight is 238 g/mol. The second kappa shape index (κ2) is 6.79. The summed E-state index contributed by atoms with van der Waals surface area (Å²) in [5.74, 6) is 1.04. The first-order chi connectivity index (χ1) is 8.38. The molecule has 1 unspecified atom stereocenters. The van der Waals surface area contributed by atoms with Gasteiger partial charge < -0.3 is 14.5 Å². The Labute approximate surface area is 103 Å². The van der Waals surface area contributed by atoms with Gasteiger partial charge in [-0.15, -0.1) is 0 Å². The molecular formula is C13H22N2O2. The topological polar surface area (TPSA) is 37.6 Å². The molecule has 96 valence electrons. The van der Waals surface area contributed by atoms with Crippen molar-refractivity contribution >= 4 is 0 Å². The Morgan fingerprint density at radius 2 is 2.47 bits per heavy atom. The Hall–Kier alpha value is -0.840. The van der Waals surface area contributed by atoms with E-state index in [4.69, 9.17) is 9.15 Å². The van der Waals surface area contributed by atoms with Gasteiger partial charge in [0.15, 0.2) is 0 Å². The quantitative estimate of drug-likeness (QED) is 0.814. The van der Waals surface area contributed by atoms with Crippen molar-refractivity contribution in [1.29, 1.82) is 0 Å². The SMILES string of the molecule is CCN(CCC1CNCCO1)Cc1ccco1. The van der Waals surface area contributed by atoms with Crippen molar-refractivity contribution in [2.45, 2.75) is 26.0 Å². The smallest absolute Gasteiger partial charge is 0.117 e. The standard InChI is InChI=1S/C13H22N2O2/c1-2-15(11-13-4-3-8-16-13)7-5-12-10-14-6-9-17-12/h3-4,8,12,14H,2,5-7,9-11H2,1H3. The fraction of sp³-hybridized carbons (Fsp3) is 0.692. The molecule has 2 rings (SSSR count). The lowest BCUT2D eigenvalue weighted by Gasteiger charge is -2.26. The van der Waals surface area contributed by atoms with Gasteiger partial charge in [0.2, 0.25) is 0 Å². The van der Waals surface area contributed by atoms with Crippen LogP contribution in [0.2, 0.25) is 0 Å². The van der Waals surface area contributed by atoms with Crippen molar-refractivity contribution in [3.8, 4) is 0 Å². The Balaban J connectivity index is 1.71. The van der Waals surface area contributed by atoms with Crippen molar-refractivity contribution in [2.75, 3.05) is 32.8 Å². The van der Waals surface area contributed by atoms with Crippen LogP contribution in [-0.2, 0) is 11.3 Å². The van der Waals surface area contributed by atoms with Gasteiger partial charge in [-0.05, 0) is 25.1 Å². The molecule has 0 aromatic carbocycles. The van der Waals surface area contributed by atoms with Gasteiger partial charge in [0.05, 0.1) is 25.5 Å². The number of hydrogen-bond donors (Lipinski definition) is 1. The van der Waals surface area contributed by atoms with Crippen LogP contribution in [-0.4, -0.2) is 43.8 Å². The van der Waals surface area contributed by atoms with E-state index >= 15 is 0 Å². The third-order valence-electron chi connectivity index (χ3n) is 3.18. The molecule has 1 aromatic rings. The molecule has 1 aromatic heterocycles. The Morgan fingerprint density at radius 3 is 3.12 bits per heavy atom. The second-order valence-corrected chi connectivity index (χ2v) is 4.43. The minimum atomic E-state index is 0.370. The second-order valence-electron chi connectivity index (χ2n) is 4.43. The molecule has 2 heterocycles. The van der Waals surface area contributed by atoms with Crippen LogP contribution >= 0.6 is 0 Å². The van der Waals surface area contributed by atoms with Gasteiger partial charge in [-0.25, -0.2) is 0 Å². The monoisotopic (exact) mass is 238 g/mol. The minimum Gasteiger partial charge on any atom is -0.468 e. The Bertz CT molecular complexity index is 294. The fourth-order valence-corrected chi connectivity index (χ4v) is 2.10. The highest BCUT2D eigenvalue weighted by molar-refractivity contribution is 4.97. The lowest BCUT2D eigenvalue weighted by atomic mass is 10.2. The van der Waals surface area contributed by atoms with E-state index in [1.165, 1.54) is 0 Å². The van der Waals surface area contributed by atoms with E-state index in [2.05, 4.69) is 17.1 Å². The van der Waals surface area contributed by atoms with Crippen LogP contribution in [0.1, 0.15) is 19.1 Å². The third-order valence-corrected chi connectivity index (χ3v) is 3.18. The molecule has 0 amide bonds. The van der Waals surface area contributed by atoms with Gasteiger partial charge in [-0.3, -0.25) is 4.90 Å². The van der Waals surface area contributed by atoms with Crippen LogP contribution in [0.4, 0.5) is 0 Å². The molecule has 4 heteroatoms. The number of furan rings is 1. The van der Waals surface area contributed by atoms with Crippen molar-refractivity contribution in [2.24, 2.45) is 0 Å². The zero-order valence-electron chi connectivity index (χ0n) is 10.5. The molecule has 1 atom stereocenters. The molecule has 0 bridgehead atoms. The number of hydrogen-bond acceptors (Lipinski definition) is 4. The summed E-state index contributed by atoms with van der Waals surface area (Å²) in [5, 5.41) is 3.36. The van der Waals surface area contributed by atoms with Crippen molar-refractivity contribution in [1.82, 2.24) is 10.2 Å². The summed E-state index contributed by atoms with van der Waals surface area (Å²) in [6.45, 7) is 7.99. The van der Waals surface area contributed by atoms with Crippen LogP contribution in [0, 0.1) is 0 Å². The minimum absolute atomic E-state index is 0.370. The molecule has 4 nitrogen and oxygen atoms in total. The van der Waals surface area contributed by atoms with E-state index in [1.807, 2.05) is 12.1 Å². The zero-order chi connectivity index (χ0) is 11.9. The first kappa shape index (κ1) is 12.6. The van der Waals surface area contributed by atoms with Crippen molar-refractivity contribution in [3.63, 3.8) is 0 Å². The van der Waals surface area contributed by atoms with E-state index in [-0.39, 0.29) is 0 Å². The van der Waals surface area contributed by atoms with Crippen LogP contribution in [0.25, 0.3) is 0 Å². The van der Waals surface area contributed by atoms with Gasteiger partial charge in [0.25, 0.3) is 0 Å². The van der Waals surface area contributed by atoms with E-state index in [0.717, 1.165) is 51.5 Å². The van der Waals surface area contributed by atoms with Gasteiger partial charge in [-0.1, -0.05) is 6.92 Å². The molecule has 1 aliphatic heterocycles. The Morgan fingerprint density at radius 1 is 1.53 bits per heavy atom. The first-order valence-electron chi connectivity index (χ1n) is 6.45. The predicted octanol–water partition coefficient (Wildman–Crippen LogP) is 1.48. The zero-order valence-corrected chi connectivity index (χ0v) is 10.5. The average Bonchev–Trinajstić information content (AvgIpc) is 2.88. The summed E-state index contributed by atoms with van der Waals surface area (Å²) in [4.78, 5) is 2.39. The highest BCUT2D eigenvalue weighted by atomic mass is 16.5. The summed E-state index contributed by atoms with van der Waals surface area (Å²) < 4.78 is 11.1. The summed E-state index contributed by atoms with van der Waals surface area (Å²) in [6, 6.07) is 3.97. The number of nitrogens with zero attached hydrogens (tertiary/aromatic N) is 1. The molecule has 0 aliphatic carbocycles. The molecule has 1 N–H and O–H groups in total. The van der Waals surface area contributed by atoms with Crippen molar-refractivity contribution in [3.05, 3.63) is 24.2 Å². The molecule has 0 radical (unpaired) electrons. The van der Waals surface area contributed by atoms with Crippen LogP contribution in [0.3, 0.4) is 0 Å². The fourth-order valence-electron chi connectivity index (χ4n) is 2.10. The van der Waals surface area contributed by atoms with E-state index < -0.39 is 0 Å². The highest BCUT2D eigenvalue weighted by Crippen LogP contribution is 2.08. The lowest BCUT2D eigenvalue weighted by molar-refractivity contribution is 0.0168. The van der Waals surface area contributed by atoms with E-state index in [1.54, 1.807) is 6.26 Å². The molecule has 0 spiro atoms. The maximum Gasteiger partial charge on any atom is 0.117 e. The normalized spacial score (nSPS) is 20.9. The number of morpholine rings is 1. The molecule has 0 saturated carbocycles. The van der Waals surface area contributed by atoms with Crippen LogP contribution < -0.4 is 5.32 Å². The summed E-state index contributed by atoms with van der Waals surface area (Å²) in [5.41, 5.74) is 0. The molecule has 1 aliphatic rings. The third kappa shape index (κ3) is 4.15. The maximum absolute atomic E-state index is 5.70. The van der Waals surface area contributed by atoms with Gasteiger partial charge in [0.1, 0.15) is 5.76 Å². The highest BCUT2D eigenvalue weighted by Gasteiger charge is 2.15. The Kier molecular flexibility index (Phi) is 5.04. The number of nitrogens with one attached hydrogen (secondary N) is 1. The van der Waals surface area contributed by atoms with E-state index in [0.29, 0.717) is 6.10 Å². The van der Waals surface area contributed by atoms with Gasteiger partial charge >= 0.3 is 0 Å². The summed E-state index contributed by atoms with van der Waals surface area (Å²) >= 11 is 0. The predicted molar refractivity (Wildman–Crippen MR) is 66.9 cm³/mol. The van der Waals surface area contributed by atoms with Gasteiger partial charge in [0, 0.05) is 19.6 Å². The first-order valence-corrected chi connectivity index (χ1v) is 6.45. The van der Waals surface area contributed by atoms with Crippen LogP contribution in [0.5, 0.6) is 0 Å². The molecule has 1 saturated heterocycles.